The van der Waals surface area contributed by atoms with Gasteiger partial charge in [0.1, 0.15) is 0 Å². The van der Waals surface area contributed by atoms with Crippen LogP contribution in [0.5, 0.6) is 0 Å². The molecule has 10 nitrogen and oxygen atoms in total. The summed E-state index contributed by atoms with van der Waals surface area (Å²) in [6, 6.07) is 14.6. The molecule has 0 aliphatic heterocycles. The average Bonchev–Trinajstić information content (AvgIpc) is 2.88. The maximum Gasteiger partial charge on any atom is 0.411 e. The minimum absolute atomic E-state index is 0.0982. The second-order valence-corrected chi connectivity index (χ2v) is 7.55. The lowest BCUT2D eigenvalue weighted by molar-refractivity contribution is -0.138. The lowest BCUT2D eigenvalue weighted by Gasteiger charge is -2.10. The Morgan fingerprint density at radius 3 is 1.46 bits per heavy atom. The standard InChI is InChI=1S/C27H30N2O8/c1-3-24(30)34-13-7-15-36-26(32)28-22-11-5-9-20(18-22)17-21-10-6-12-23(19-21)29-27(33)37-16-8-14-35-25(31)4-2/h3-6,9-12,18-19H,1-2,7-8,13-17H2,(H,28,32)(H,29,33). The summed E-state index contributed by atoms with van der Waals surface area (Å²) in [6.07, 6.45) is 2.20. The van der Waals surface area contributed by atoms with Crippen LogP contribution in [0.1, 0.15) is 24.0 Å². The van der Waals surface area contributed by atoms with E-state index in [9.17, 15) is 19.2 Å². The van der Waals surface area contributed by atoms with E-state index >= 15 is 0 Å². The number of rotatable bonds is 14. The molecule has 196 valence electrons. The molecule has 2 aromatic rings. The van der Waals surface area contributed by atoms with Crippen molar-refractivity contribution in [3.63, 3.8) is 0 Å². The first-order valence-corrected chi connectivity index (χ1v) is 11.5. The SMILES string of the molecule is C=CC(=O)OCCCOC(=O)Nc1cccc(Cc2cccc(NC(=O)OCCCOC(=O)C=C)c2)c1. The fourth-order valence-corrected chi connectivity index (χ4v) is 2.97. The maximum absolute atomic E-state index is 12.0. The summed E-state index contributed by atoms with van der Waals surface area (Å²) in [5, 5.41) is 5.33. The number of amides is 2. The van der Waals surface area contributed by atoms with E-state index in [4.69, 9.17) is 18.9 Å². The van der Waals surface area contributed by atoms with Crippen molar-refractivity contribution >= 4 is 35.5 Å². The van der Waals surface area contributed by atoms with Gasteiger partial charge in [0.05, 0.1) is 26.4 Å². The van der Waals surface area contributed by atoms with Gasteiger partial charge in [-0.05, 0) is 41.8 Å². The second-order valence-electron chi connectivity index (χ2n) is 7.55. The third-order valence-electron chi connectivity index (χ3n) is 4.62. The number of hydrogen-bond donors (Lipinski definition) is 2. The maximum atomic E-state index is 12.0. The molecule has 0 fully saturated rings. The van der Waals surface area contributed by atoms with Gasteiger partial charge in [-0.1, -0.05) is 37.4 Å². The molecule has 0 unspecified atom stereocenters. The molecule has 0 saturated carbocycles. The van der Waals surface area contributed by atoms with Gasteiger partial charge in [-0.2, -0.15) is 0 Å². The molecule has 0 heterocycles. The number of carbonyl (C=O) groups is 4. The quantitative estimate of drug-likeness (QED) is 0.163. The van der Waals surface area contributed by atoms with Gasteiger partial charge in [0.2, 0.25) is 0 Å². The van der Waals surface area contributed by atoms with Crippen LogP contribution in [0.2, 0.25) is 0 Å². The molecule has 2 aromatic carbocycles. The van der Waals surface area contributed by atoms with Crippen molar-refractivity contribution in [3.05, 3.63) is 85.0 Å². The molecule has 0 spiro atoms. The molecule has 0 atom stereocenters. The van der Waals surface area contributed by atoms with Crippen LogP contribution in [0, 0.1) is 0 Å². The molecule has 0 aliphatic rings. The second kappa shape index (κ2) is 16.1. The number of carbonyl (C=O) groups excluding carboxylic acids is 4. The zero-order chi connectivity index (χ0) is 26.9. The molecule has 37 heavy (non-hydrogen) atoms. The fraction of sp³-hybridized carbons (Fsp3) is 0.259. The fourth-order valence-electron chi connectivity index (χ4n) is 2.97. The van der Waals surface area contributed by atoms with Crippen LogP contribution in [0.3, 0.4) is 0 Å². The van der Waals surface area contributed by atoms with Gasteiger partial charge in [0, 0.05) is 36.4 Å². The van der Waals surface area contributed by atoms with Crippen LogP contribution < -0.4 is 10.6 Å². The Balaban J connectivity index is 1.78. The number of ether oxygens (including phenoxy) is 4. The molecule has 0 aliphatic carbocycles. The number of hydrogen-bond acceptors (Lipinski definition) is 8. The van der Waals surface area contributed by atoms with Crippen molar-refractivity contribution in [2.45, 2.75) is 19.3 Å². The summed E-state index contributed by atoms with van der Waals surface area (Å²) in [4.78, 5) is 45.9. The highest BCUT2D eigenvalue weighted by molar-refractivity contribution is 5.85. The molecule has 10 heteroatoms. The van der Waals surface area contributed by atoms with Crippen molar-refractivity contribution in [1.82, 2.24) is 0 Å². The zero-order valence-electron chi connectivity index (χ0n) is 20.4. The molecule has 0 saturated heterocycles. The molecule has 0 bridgehead atoms. The number of nitrogens with one attached hydrogen (secondary N) is 2. The third-order valence-corrected chi connectivity index (χ3v) is 4.62. The van der Waals surface area contributed by atoms with Crippen LogP contribution in [0.25, 0.3) is 0 Å². The average molecular weight is 511 g/mol. The Morgan fingerprint density at radius 2 is 1.05 bits per heavy atom. The lowest BCUT2D eigenvalue weighted by Crippen LogP contribution is -2.16. The number of anilines is 2. The first-order valence-electron chi connectivity index (χ1n) is 11.5. The molecule has 0 radical (unpaired) electrons. The first-order chi connectivity index (χ1) is 17.9. The Hall–Kier alpha value is -4.60. The molecular formula is C27H30N2O8. The van der Waals surface area contributed by atoms with E-state index in [0.29, 0.717) is 30.6 Å². The minimum atomic E-state index is -0.615. The molecular weight excluding hydrogens is 480 g/mol. The minimum Gasteiger partial charge on any atom is -0.462 e. The van der Waals surface area contributed by atoms with Crippen molar-refractivity contribution in [2.24, 2.45) is 0 Å². The van der Waals surface area contributed by atoms with Gasteiger partial charge in [-0.25, -0.2) is 19.2 Å². The van der Waals surface area contributed by atoms with Crippen LogP contribution in [0.4, 0.5) is 21.0 Å². The zero-order valence-corrected chi connectivity index (χ0v) is 20.4. The van der Waals surface area contributed by atoms with Crippen LogP contribution in [0.15, 0.2) is 73.8 Å². The van der Waals surface area contributed by atoms with Gasteiger partial charge in [-0.15, -0.1) is 0 Å². The smallest absolute Gasteiger partial charge is 0.411 e. The summed E-state index contributed by atoms with van der Waals surface area (Å²) in [6.45, 7) is 7.06. The van der Waals surface area contributed by atoms with Gasteiger partial charge in [-0.3, -0.25) is 10.6 Å². The summed E-state index contributed by atoms with van der Waals surface area (Å²) < 4.78 is 19.8. The van der Waals surface area contributed by atoms with Gasteiger partial charge >= 0.3 is 24.1 Å². The van der Waals surface area contributed by atoms with E-state index in [1.807, 2.05) is 36.4 Å². The highest BCUT2D eigenvalue weighted by atomic mass is 16.6. The number of benzene rings is 2. The normalized spacial score (nSPS) is 9.95. The highest BCUT2D eigenvalue weighted by Gasteiger charge is 2.07. The van der Waals surface area contributed by atoms with Crippen LogP contribution in [-0.2, 0) is 35.0 Å². The third kappa shape index (κ3) is 12.1. The van der Waals surface area contributed by atoms with E-state index in [2.05, 4.69) is 23.8 Å². The lowest BCUT2D eigenvalue weighted by atomic mass is 10.0. The Morgan fingerprint density at radius 1 is 0.649 bits per heavy atom. The van der Waals surface area contributed by atoms with Gasteiger partial charge in [0.15, 0.2) is 0 Å². The van der Waals surface area contributed by atoms with Crippen LogP contribution in [-0.4, -0.2) is 50.6 Å². The predicted octanol–water partition coefficient (Wildman–Crippen LogP) is 4.61. The first kappa shape index (κ1) is 28.6. The summed E-state index contributed by atoms with van der Waals surface area (Å²) >= 11 is 0. The monoisotopic (exact) mass is 510 g/mol. The van der Waals surface area contributed by atoms with E-state index in [-0.39, 0.29) is 26.4 Å². The van der Waals surface area contributed by atoms with Crippen molar-refractivity contribution in [2.75, 3.05) is 37.1 Å². The van der Waals surface area contributed by atoms with Gasteiger partial charge in [0.25, 0.3) is 0 Å². The highest BCUT2D eigenvalue weighted by Crippen LogP contribution is 2.18. The Labute approximate surface area is 215 Å². The Kier molecular flexibility index (Phi) is 12.5. The molecule has 2 amide bonds. The van der Waals surface area contributed by atoms with Crippen molar-refractivity contribution in [3.8, 4) is 0 Å². The molecule has 2 rings (SSSR count). The predicted molar refractivity (Wildman–Crippen MR) is 137 cm³/mol. The van der Waals surface area contributed by atoms with Crippen molar-refractivity contribution in [1.29, 1.82) is 0 Å². The number of esters is 2. The van der Waals surface area contributed by atoms with E-state index in [1.54, 1.807) is 12.1 Å². The summed E-state index contributed by atoms with van der Waals surface area (Å²) in [5.74, 6) is -1.05. The summed E-state index contributed by atoms with van der Waals surface area (Å²) in [5.41, 5.74) is 3.00. The van der Waals surface area contributed by atoms with Gasteiger partial charge < -0.3 is 18.9 Å². The topological polar surface area (TPSA) is 129 Å². The molecule has 2 N–H and O–H groups in total. The van der Waals surface area contributed by atoms with Crippen LogP contribution >= 0.6 is 0 Å². The Bertz CT molecular complexity index is 1010. The summed E-state index contributed by atoms with van der Waals surface area (Å²) in [7, 11) is 0. The van der Waals surface area contributed by atoms with Crippen molar-refractivity contribution < 1.29 is 38.1 Å². The van der Waals surface area contributed by atoms with E-state index < -0.39 is 24.1 Å². The molecule has 0 aromatic heterocycles. The van der Waals surface area contributed by atoms with E-state index in [0.717, 1.165) is 23.3 Å². The largest absolute Gasteiger partial charge is 0.462 e. The van der Waals surface area contributed by atoms with E-state index in [1.165, 1.54) is 0 Å².